The molecule has 94 valence electrons. The van der Waals surface area contributed by atoms with E-state index in [0.29, 0.717) is 12.0 Å². The van der Waals surface area contributed by atoms with E-state index in [4.69, 9.17) is 0 Å². The number of hydrogen-bond donors (Lipinski definition) is 0. The first kappa shape index (κ1) is 13.9. The van der Waals surface area contributed by atoms with Gasteiger partial charge in [0.25, 0.3) is 0 Å². The number of sulfone groups is 1. The summed E-state index contributed by atoms with van der Waals surface area (Å²) in [6.45, 7) is 2.09. The molecule has 1 aromatic rings. The number of Topliss-reactive ketones (excluding diaryl/α,β-unsaturated/α-hetero) is 1. The molecule has 0 heterocycles. The van der Waals surface area contributed by atoms with Gasteiger partial charge in [0.15, 0.2) is 15.6 Å². The molecule has 3 nitrogen and oxygen atoms in total. The van der Waals surface area contributed by atoms with Gasteiger partial charge in [0.05, 0.1) is 4.90 Å². The van der Waals surface area contributed by atoms with E-state index in [-0.39, 0.29) is 10.7 Å². The zero-order valence-electron chi connectivity index (χ0n) is 10.3. The second kappa shape index (κ2) is 5.96. The van der Waals surface area contributed by atoms with Crippen molar-refractivity contribution in [3.63, 3.8) is 0 Å². The number of carbonyl (C=O) groups excluding carboxylic acids is 1. The summed E-state index contributed by atoms with van der Waals surface area (Å²) in [5, 5.41) is 0. The van der Waals surface area contributed by atoms with Gasteiger partial charge in [-0.3, -0.25) is 4.79 Å². The van der Waals surface area contributed by atoms with Crippen molar-refractivity contribution >= 4 is 15.6 Å². The lowest BCUT2D eigenvalue weighted by Crippen LogP contribution is -2.01. The molecule has 0 saturated carbocycles. The van der Waals surface area contributed by atoms with Gasteiger partial charge in [-0.05, 0) is 18.6 Å². The molecule has 0 amide bonds. The maximum atomic E-state index is 11.7. The summed E-state index contributed by atoms with van der Waals surface area (Å²) in [6.07, 6.45) is 4.72. The second-order valence-corrected chi connectivity index (χ2v) is 6.19. The van der Waals surface area contributed by atoms with Crippen molar-refractivity contribution < 1.29 is 13.2 Å². The maximum absolute atomic E-state index is 11.7. The van der Waals surface area contributed by atoms with Gasteiger partial charge in [-0.15, -0.1) is 0 Å². The van der Waals surface area contributed by atoms with E-state index in [1.165, 1.54) is 12.1 Å². The molecule has 1 rings (SSSR count). The van der Waals surface area contributed by atoms with Crippen LogP contribution in [0.1, 0.15) is 43.0 Å². The molecule has 0 fully saturated rings. The topological polar surface area (TPSA) is 51.2 Å². The summed E-state index contributed by atoms with van der Waals surface area (Å²) in [4.78, 5) is 12.0. The number of ketones is 1. The number of carbonyl (C=O) groups is 1. The Kier molecular flexibility index (Phi) is 4.87. The summed E-state index contributed by atoms with van der Waals surface area (Å²) in [6, 6.07) is 6.15. The molecule has 0 aromatic heterocycles. The van der Waals surface area contributed by atoms with Gasteiger partial charge in [-0.2, -0.15) is 0 Å². The highest BCUT2D eigenvalue weighted by molar-refractivity contribution is 7.90. The Balaban J connectivity index is 2.71. The van der Waals surface area contributed by atoms with Crippen LogP contribution in [-0.4, -0.2) is 20.5 Å². The van der Waals surface area contributed by atoms with Crippen LogP contribution in [0.25, 0.3) is 0 Å². The Morgan fingerprint density at radius 1 is 1.12 bits per heavy atom. The van der Waals surface area contributed by atoms with E-state index < -0.39 is 9.84 Å². The molecule has 0 aliphatic rings. The van der Waals surface area contributed by atoms with E-state index in [2.05, 4.69) is 6.92 Å². The molecule has 0 atom stereocenters. The van der Waals surface area contributed by atoms with Gasteiger partial charge in [0.1, 0.15) is 0 Å². The van der Waals surface area contributed by atoms with Crippen LogP contribution in [0, 0.1) is 0 Å². The lowest BCUT2D eigenvalue weighted by Gasteiger charge is -2.02. The fraction of sp³-hybridized carbons (Fsp3) is 0.462. The molecule has 0 aliphatic carbocycles. The summed E-state index contributed by atoms with van der Waals surface area (Å²) >= 11 is 0. The van der Waals surface area contributed by atoms with Gasteiger partial charge in [0.2, 0.25) is 0 Å². The lowest BCUT2D eigenvalue weighted by molar-refractivity contribution is 0.0979. The van der Waals surface area contributed by atoms with E-state index in [1.54, 1.807) is 12.1 Å². The van der Waals surface area contributed by atoms with Crippen molar-refractivity contribution in [1.29, 1.82) is 0 Å². The number of benzene rings is 1. The predicted octanol–water partition coefficient (Wildman–Crippen LogP) is 2.85. The van der Waals surface area contributed by atoms with Crippen LogP contribution in [0.2, 0.25) is 0 Å². The van der Waals surface area contributed by atoms with Crippen LogP contribution in [0.5, 0.6) is 0 Å². The van der Waals surface area contributed by atoms with Crippen molar-refractivity contribution in [3.8, 4) is 0 Å². The van der Waals surface area contributed by atoms with Crippen LogP contribution in [0.15, 0.2) is 29.2 Å². The van der Waals surface area contributed by atoms with Gasteiger partial charge in [-0.1, -0.05) is 31.9 Å². The Bertz CT molecular complexity index is 472. The molecule has 17 heavy (non-hydrogen) atoms. The average Bonchev–Trinajstić information content (AvgIpc) is 2.28. The smallest absolute Gasteiger partial charge is 0.175 e. The van der Waals surface area contributed by atoms with Gasteiger partial charge in [-0.25, -0.2) is 8.42 Å². The molecule has 0 aliphatic heterocycles. The first-order valence-corrected chi connectivity index (χ1v) is 7.67. The van der Waals surface area contributed by atoms with E-state index >= 15 is 0 Å². The van der Waals surface area contributed by atoms with Crippen molar-refractivity contribution in [2.75, 3.05) is 6.26 Å². The van der Waals surface area contributed by atoms with Gasteiger partial charge < -0.3 is 0 Å². The molecule has 4 heteroatoms. The zero-order chi connectivity index (χ0) is 12.9. The normalized spacial score (nSPS) is 11.4. The Labute approximate surface area is 103 Å². The highest BCUT2D eigenvalue weighted by atomic mass is 32.2. The standard InChI is InChI=1S/C13H18O3S/c1-3-4-5-6-13(14)11-7-9-12(10-8-11)17(2,15)16/h7-10H,3-6H2,1-2H3. The summed E-state index contributed by atoms with van der Waals surface area (Å²) in [7, 11) is -3.18. The SMILES string of the molecule is CCCCCC(=O)c1ccc(S(C)(=O)=O)cc1. The molecule has 0 spiro atoms. The van der Waals surface area contributed by atoms with Crippen molar-refractivity contribution in [3.05, 3.63) is 29.8 Å². The monoisotopic (exact) mass is 254 g/mol. The molecule has 0 radical (unpaired) electrons. The first-order chi connectivity index (χ1) is 7.95. The fourth-order valence-corrected chi connectivity index (χ4v) is 2.20. The van der Waals surface area contributed by atoms with Crippen molar-refractivity contribution in [1.82, 2.24) is 0 Å². The van der Waals surface area contributed by atoms with Crippen LogP contribution in [0.3, 0.4) is 0 Å². The Morgan fingerprint density at radius 2 is 1.71 bits per heavy atom. The van der Waals surface area contributed by atoms with Crippen LogP contribution in [-0.2, 0) is 9.84 Å². The third kappa shape index (κ3) is 4.30. The first-order valence-electron chi connectivity index (χ1n) is 5.78. The average molecular weight is 254 g/mol. The van der Waals surface area contributed by atoms with Crippen molar-refractivity contribution in [2.45, 2.75) is 37.5 Å². The minimum atomic E-state index is -3.18. The number of rotatable bonds is 6. The minimum Gasteiger partial charge on any atom is -0.294 e. The molecular formula is C13H18O3S. The highest BCUT2D eigenvalue weighted by Gasteiger charge is 2.09. The van der Waals surface area contributed by atoms with Gasteiger partial charge in [0, 0.05) is 18.2 Å². The van der Waals surface area contributed by atoms with Crippen LogP contribution >= 0.6 is 0 Å². The minimum absolute atomic E-state index is 0.0819. The molecule has 0 bridgehead atoms. The Hall–Kier alpha value is -1.16. The predicted molar refractivity (Wildman–Crippen MR) is 68.0 cm³/mol. The lowest BCUT2D eigenvalue weighted by atomic mass is 10.1. The Morgan fingerprint density at radius 3 is 2.18 bits per heavy atom. The van der Waals surface area contributed by atoms with E-state index in [0.717, 1.165) is 25.5 Å². The van der Waals surface area contributed by atoms with Gasteiger partial charge >= 0.3 is 0 Å². The third-order valence-corrected chi connectivity index (χ3v) is 3.74. The molecule has 0 saturated heterocycles. The summed E-state index contributed by atoms with van der Waals surface area (Å²) in [5.74, 6) is 0.0819. The fourth-order valence-electron chi connectivity index (χ4n) is 1.57. The highest BCUT2D eigenvalue weighted by Crippen LogP contribution is 2.13. The van der Waals surface area contributed by atoms with E-state index in [1.807, 2.05) is 0 Å². The molecule has 0 N–H and O–H groups in total. The number of unbranched alkanes of at least 4 members (excludes halogenated alkanes) is 2. The van der Waals surface area contributed by atoms with E-state index in [9.17, 15) is 13.2 Å². The molecular weight excluding hydrogens is 236 g/mol. The maximum Gasteiger partial charge on any atom is 0.175 e. The second-order valence-electron chi connectivity index (χ2n) is 4.18. The molecule has 1 aromatic carbocycles. The summed E-state index contributed by atoms with van der Waals surface area (Å²) in [5.41, 5.74) is 0.591. The quantitative estimate of drug-likeness (QED) is 0.579. The summed E-state index contributed by atoms with van der Waals surface area (Å²) < 4.78 is 22.5. The van der Waals surface area contributed by atoms with Crippen molar-refractivity contribution in [2.24, 2.45) is 0 Å². The zero-order valence-corrected chi connectivity index (χ0v) is 11.1. The van der Waals surface area contributed by atoms with Crippen LogP contribution in [0.4, 0.5) is 0 Å². The number of hydrogen-bond acceptors (Lipinski definition) is 3. The third-order valence-electron chi connectivity index (χ3n) is 2.61. The largest absolute Gasteiger partial charge is 0.294 e. The van der Waals surface area contributed by atoms with Crippen LogP contribution < -0.4 is 0 Å². The molecule has 0 unspecified atom stereocenters.